The molecular weight excluding hydrogens is 521 g/mol. The number of carbonyl (C=O) groups excluding carboxylic acids is 1. The molecule has 0 atom stereocenters. The van der Waals surface area contributed by atoms with Crippen molar-refractivity contribution in [1.82, 2.24) is 20.9 Å². The fraction of sp³-hybridized carbons (Fsp3) is 0.652. The van der Waals surface area contributed by atoms with Gasteiger partial charge in [0, 0.05) is 26.7 Å². The summed E-state index contributed by atoms with van der Waals surface area (Å²) in [5, 5.41) is 9.40. The second-order valence-corrected chi connectivity index (χ2v) is 9.44. The van der Waals surface area contributed by atoms with Gasteiger partial charge in [-0.2, -0.15) is 0 Å². The van der Waals surface area contributed by atoms with Gasteiger partial charge in [0.2, 0.25) is 0 Å². The smallest absolute Gasteiger partial charge is 0.408 e. The van der Waals surface area contributed by atoms with E-state index in [9.17, 15) is 4.79 Å². The Morgan fingerprint density at radius 3 is 2.22 bits per heavy atom. The molecule has 184 valence electrons. The summed E-state index contributed by atoms with van der Waals surface area (Å²) >= 11 is 0. The SMILES string of the molecule is CN=C(NCc1ccc(OCCCN(C)C)cc1)NCC(C)(C)NC(=O)OC(C)(C)C.I. The summed E-state index contributed by atoms with van der Waals surface area (Å²) in [6, 6.07) is 8.04. The molecule has 1 rings (SSSR count). The molecule has 1 amide bonds. The number of carbonyl (C=O) groups is 1. The van der Waals surface area contributed by atoms with Gasteiger partial charge in [0.1, 0.15) is 11.4 Å². The highest BCUT2D eigenvalue weighted by molar-refractivity contribution is 14.0. The first-order chi connectivity index (χ1) is 14.4. The average Bonchev–Trinajstić information content (AvgIpc) is 2.64. The third-order valence-electron chi connectivity index (χ3n) is 4.16. The predicted molar refractivity (Wildman–Crippen MR) is 142 cm³/mol. The van der Waals surface area contributed by atoms with Gasteiger partial charge < -0.3 is 30.3 Å². The quantitative estimate of drug-likeness (QED) is 0.175. The number of guanidine groups is 1. The number of halogens is 1. The maximum Gasteiger partial charge on any atom is 0.408 e. The number of aliphatic imine (C=N–C) groups is 1. The number of rotatable bonds is 10. The number of nitrogens with zero attached hydrogens (tertiary/aromatic N) is 2. The zero-order valence-electron chi connectivity index (χ0n) is 20.9. The first-order valence-corrected chi connectivity index (χ1v) is 10.7. The normalized spacial score (nSPS) is 12.1. The van der Waals surface area contributed by atoms with Crippen LogP contribution in [0.1, 0.15) is 46.6 Å². The molecule has 0 aliphatic carbocycles. The van der Waals surface area contributed by atoms with Crippen LogP contribution in [0, 0.1) is 0 Å². The molecule has 0 fully saturated rings. The van der Waals surface area contributed by atoms with Crippen LogP contribution in [0.25, 0.3) is 0 Å². The van der Waals surface area contributed by atoms with Gasteiger partial charge in [0.15, 0.2) is 5.96 Å². The molecule has 0 spiro atoms. The highest BCUT2D eigenvalue weighted by Crippen LogP contribution is 2.12. The highest BCUT2D eigenvalue weighted by Gasteiger charge is 2.24. The Labute approximate surface area is 210 Å². The lowest BCUT2D eigenvalue weighted by molar-refractivity contribution is 0.0474. The Morgan fingerprint density at radius 1 is 1.06 bits per heavy atom. The van der Waals surface area contributed by atoms with Gasteiger partial charge in [-0.3, -0.25) is 4.99 Å². The maximum absolute atomic E-state index is 12.0. The van der Waals surface area contributed by atoms with Gasteiger partial charge >= 0.3 is 6.09 Å². The van der Waals surface area contributed by atoms with Crippen LogP contribution in [-0.2, 0) is 11.3 Å². The Morgan fingerprint density at radius 2 is 1.69 bits per heavy atom. The van der Waals surface area contributed by atoms with E-state index >= 15 is 0 Å². The van der Waals surface area contributed by atoms with Gasteiger partial charge in [0.05, 0.1) is 12.1 Å². The van der Waals surface area contributed by atoms with E-state index in [0.717, 1.165) is 24.3 Å². The van der Waals surface area contributed by atoms with Crippen molar-refractivity contribution in [2.24, 2.45) is 4.99 Å². The van der Waals surface area contributed by atoms with Crippen LogP contribution in [0.2, 0.25) is 0 Å². The summed E-state index contributed by atoms with van der Waals surface area (Å²) < 4.78 is 11.1. The molecule has 0 heterocycles. The minimum absolute atomic E-state index is 0. The zero-order chi connectivity index (χ0) is 23.5. The fourth-order valence-electron chi connectivity index (χ4n) is 2.61. The van der Waals surface area contributed by atoms with E-state index < -0.39 is 17.2 Å². The van der Waals surface area contributed by atoms with E-state index in [1.165, 1.54) is 0 Å². The average molecular weight is 564 g/mol. The highest BCUT2D eigenvalue weighted by atomic mass is 127. The van der Waals surface area contributed by atoms with Crippen molar-refractivity contribution in [3.8, 4) is 5.75 Å². The van der Waals surface area contributed by atoms with Crippen molar-refractivity contribution >= 4 is 36.0 Å². The van der Waals surface area contributed by atoms with Gasteiger partial charge in [0.25, 0.3) is 0 Å². The van der Waals surface area contributed by atoms with Gasteiger partial charge in [-0.25, -0.2) is 4.79 Å². The summed E-state index contributed by atoms with van der Waals surface area (Å²) in [7, 11) is 5.83. The lowest BCUT2D eigenvalue weighted by Crippen LogP contribution is -2.54. The lowest BCUT2D eigenvalue weighted by atomic mass is 10.1. The van der Waals surface area contributed by atoms with Crippen LogP contribution in [0.5, 0.6) is 5.75 Å². The molecule has 0 saturated carbocycles. The molecule has 3 N–H and O–H groups in total. The first-order valence-electron chi connectivity index (χ1n) is 10.7. The van der Waals surface area contributed by atoms with Crippen LogP contribution in [-0.4, -0.2) is 68.9 Å². The molecule has 1 aromatic carbocycles. The number of amides is 1. The van der Waals surface area contributed by atoms with Crippen LogP contribution < -0.4 is 20.7 Å². The Bertz CT molecular complexity index is 701. The van der Waals surface area contributed by atoms with E-state index in [1.807, 2.05) is 58.9 Å². The molecule has 0 saturated heterocycles. The van der Waals surface area contributed by atoms with Crippen molar-refractivity contribution in [2.75, 3.05) is 40.8 Å². The molecule has 32 heavy (non-hydrogen) atoms. The molecule has 0 radical (unpaired) electrons. The molecule has 0 unspecified atom stereocenters. The second-order valence-electron chi connectivity index (χ2n) is 9.44. The monoisotopic (exact) mass is 563 g/mol. The number of alkyl carbamates (subject to hydrolysis) is 1. The van der Waals surface area contributed by atoms with E-state index in [-0.39, 0.29) is 24.0 Å². The third kappa shape index (κ3) is 14.3. The zero-order valence-corrected chi connectivity index (χ0v) is 23.2. The van der Waals surface area contributed by atoms with Crippen LogP contribution >= 0.6 is 24.0 Å². The summed E-state index contributed by atoms with van der Waals surface area (Å²) in [5.41, 5.74) is 0.0819. The third-order valence-corrected chi connectivity index (χ3v) is 4.16. The van der Waals surface area contributed by atoms with Gasteiger partial charge in [-0.15, -0.1) is 24.0 Å². The number of nitrogens with one attached hydrogen (secondary N) is 3. The van der Waals surface area contributed by atoms with Crippen LogP contribution in [0.15, 0.2) is 29.3 Å². The van der Waals surface area contributed by atoms with Crippen molar-refractivity contribution in [2.45, 2.75) is 58.7 Å². The van der Waals surface area contributed by atoms with Crippen LogP contribution in [0.3, 0.4) is 0 Å². The van der Waals surface area contributed by atoms with Crippen molar-refractivity contribution in [3.63, 3.8) is 0 Å². The van der Waals surface area contributed by atoms with E-state index in [4.69, 9.17) is 9.47 Å². The Hall–Kier alpha value is -1.75. The predicted octanol–water partition coefficient (Wildman–Crippen LogP) is 3.60. The first kappa shape index (κ1) is 30.2. The van der Waals surface area contributed by atoms with E-state index in [1.54, 1.807) is 7.05 Å². The van der Waals surface area contributed by atoms with E-state index in [0.29, 0.717) is 25.7 Å². The van der Waals surface area contributed by atoms with Crippen molar-refractivity contribution < 1.29 is 14.3 Å². The fourth-order valence-corrected chi connectivity index (χ4v) is 2.61. The second kappa shape index (κ2) is 14.4. The summed E-state index contributed by atoms with van der Waals surface area (Å²) in [5.74, 6) is 1.53. The van der Waals surface area contributed by atoms with Crippen LogP contribution in [0.4, 0.5) is 4.79 Å². The summed E-state index contributed by atoms with van der Waals surface area (Å²) in [6.07, 6.45) is 0.559. The largest absolute Gasteiger partial charge is 0.494 e. The maximum atomic E-state index is 12.0. The number of benzene rings is 1. The van der Waals surface area contributed by atoms with Gasteiger partial charge in [-0.1, -0.05) is 12.1 Å². The molecule has 0 bridgehead atoms. The minimum Gasteiger partial charge on any atom is -0.494 e. The molecule has 9 heteroatoms. The minimum atomic E-state index is -0.530. The summed E-state index contributed by atoms with van der Waals surface area (Å²) in [4.78, 5) is 18.4. The number of ether oxygens (including phenoxy) is 2. The molecule has 0 aromatic heterocycles. The Kier molecular flexibility index (Phi) is 13.6. The summed E-state index contributed by atoms with van der Waals surface area (Å²) in [6.45, 7) is 12.2. The van der Waals surface area contributed by atoms with Crippen molar-refractivity contribution in [1.29, 1.82) is 0 Å². The number of hydrogen-bond acceptors (Lipinski definition) is 5. The van der Waals surface area contributed by atoms with Gasteiger partial charge in [-0.05, 0) is 72.8 Å². The molecule has 8 nitrogen and oxygen atoms in total. The van der Waals surface area contributed by atoms with Crippen molar-refractivity contribution in [3.05, 3.63) is 29.8 Å². The molecule has 0 aliphatic heterocycles. The number of hydrogen-bond donors (Lipinski definition) is 3. The molecule has 1 aromatic rings. The topological polar surface area (TPSA) is 87.2 Å². The lowest BCUT2D eigenvalue weighted by Gasteiger charge is -2.29. The molecular formula is C23H42IN5O3. The molecule has 0 aliphatic rings. The Balaban J connectivity index is 0.00000961. The standard InChI is InChI=1S/C23H41N5O3.HI/c1-22(2,3)31-21(29)27-23(4,5)17-26-20(24-6)25-16-18-10-12-19(13-11-18)30-15-9-14-28(7)8;/h10-13H,9,14-17H2,1-8H3,(H,27,29)(H2,24,25,26);1H. The van der Waals surface area contributed by atoms with E-state index in [2.05, 4.69) is 39.9 Å².